The second kappa shape index (κ2) is 12.4. The van der Waals surface area contributed by atoms with Crippen LogP contribution in [0.5, 0.6) is 0 Å². The van der Waals surface area contributed by atoms with Gasteiger partial charge in [0, 0.05) is 18.1 Å². The number of benzene rings is 2. The van der Waals surface area contributed by atoms with Gasteiger partial charge < -0.3 is 10.2 Å². The molecule has 0 bridgehead atoms. The van der Waals surface area contributed by atoms with Crippen molar-refractivity contribution in [2.75, 3.05) is 23.7 Å². The van der Waals surface area contributed by atoms with Crippen LogP contribution in [-0.2, 0) is 26.2 Å². The minimum absolute atomic E-state index is 0.147. The largest absolute Gasteiger partial charge is 0.354 e. The smallest absolute Gasteiger partial charge is 0.244 e. The first-order valence-electron chi connectivity index (χ1n) is 11.7. The van der Waals surface area contributed by atoms with Crippen LogP contribution in [0.1, 0.15) is 43.9 Å². The van der Waals surface area contributed by atoms with Crippen LogP contribution in [-0.4, -0.2) is 50.5 Å². The van der Waals surface area contributed by atoms with E-state index in [0.29, 0.717) is 23.7 Å². The molecule has 2 aromatic carbocycles. The molecule has 2 amide bonds. The van der Waals surface area contributed by atoms with Crippen LogP contribution in [0, 0.1) is 19.8 Å². The number of rotatable bonds is 11. The Kier molecular flexibility index (Phi) is 10.2. The summed E-state index contributed by atoms with van der Waals surface area (Å²) in [7, 11) is -3.76. The molecule has 0 saturated heterocycles. The van der Waals surface area contributed by atoms with E-state index in [2.05, 4.69) is 5.32 Å². The van der Waals surface area contributed by atoms with Crippen molar-refractivity contribution < 1.29 is 18.0 Å². The first-order valence-corrected chi connectivity index (χ1v) is 13.9. The van der Waals surface area contributed by atoms with Crippen molar-refractivity contribution in [1.29, 1.82) is 0 Å². The number of sulfonamides is 1. The molecule has 0 fully saturated rings. The molecule has 1 N–H and O–H groups in total. The number of carbonyl (C=O) groups is 2. The van der Waals surface area contributed by atoms with Gasteiger partial charge in [0.2, 0.25) is 21.8 Å². The Morgan fingerprint density at radius 2 is 1.66 bits per heavy atom. The molecule has 1 atom stereocenters. The lowest BCUT2D eigenvalue weighted by molar-refractivity contribution is -0.140. The summed E-state index contributed by atoms with van der Waals surface area (Å²) in [6, 6.07) is 11.5. The maximum absolute atomic E-state index is 13.7. The molecule has 0 aromatic heterocycles. The number of carbonyl (C=O) groups excluding carboxylic acids is 2. The molecular weight excluding hydrogens is 486 g/mol. The summed E-state index contributed by atoms with van der Waals surface area (Å²) in [6.45, 7) is 9.86. The van der Waals surface area contributed by atoms with E-state index in [4.69, 9.17) is 11.6 Å². The molecule has 0 aliphatic heterocycles. The van der Waals surface area contributed by atoms with Crippen molar-refractivity contribution in [2.24, 2.45) is 5.92 Å². The molecule has 2 rings (SSSR count). The zero-order chi connectivity index (χ0) is 26.3. The fourth-order valence-corrected chi connectivity index (χ4v) is 4.59. The van der Waals surface area contributed by atoms with Crippen LogP contribution in [0.15, 0.2) is 42.5 Å². The summed E-state index contributed by atoms with van der Waals surface area (Å²) in [5.74, 6) is -0.474. The topological polar surface area (TPSA) is 86.8 Å². The number of halogens is 1. The minimum Gasteiger partial charge on any atom is -0.354 e. The van der Waals surface area contributed by atoms with Gasteiger partial charge >= 0.3 is 0 Å². The number of hydrogen-bond donors (Lipinski definition) is 1. The summed E-state index contributed by atoms with van der Waals surface area (Å²) in [5.41, 5.74) is 3.13. The molecule has 35 heavy (non-hydrogen) atoms. The quantitative estimate of drug-likeness (QED) is 0.477. The van der Waals surface area contributed by atoms with E-state index in [-0.39, 0.29) is 18.4 Å². The van der Waals surface area contributed by atoms with E-state index >= 15 is 0 Å². The van der Waals surface area contributed by atoms with Gasteiger partial charge in [0.25, 0.3) is 0 Å². The molecule has 0 radical (unpaired) electrons. The second-order valence-corrected chi connectivity index (χ2v) is 11.6. The Morgan fingerprint density at radius 3 is 2.17 bits per heavy atom. The van der Waals surface area contributed by atoms with Crippen molar-refractivity contribution in [1.82, 2.24) is 10.2 Å². The van der Waals surface area contributed by atoms with Gasteiger partial charge in [-0.3, -0.25) is 13.9 Å². The maximum Gasteiger partial charge on any atom is 0.244 e. The molecule has 0 unspecified atom stereocenters. The summed E-state index contributed by atoms with van der Waals surface area (Å²) >= 11 is 6.01. The highest BCUT2D eigenvalue weighted by molar-refractivity contribution is 7.92. The van der Waals surface area contributed by atoms with Gasteiger partial charge in [-0.25, -0.2) is 8.42 Å². The molecular formula is C26H36ClN3O4S. The average molecular weight is 522 g/mol. The Morgan fingerprint density at radius 1 is 1.03 bits per heavy atom. The number of amides is 2. The van der Waals surface area contributed by atoms with Gasteiger partial charge in [-0.1, -0.05) is 50.6 Å². The highest BCUT2D eigenvalue weighted by atomic mass is 35.5. The van der Waals surface area contributed by atoms with Gasteiger partial charge in [-0.05, 0) is 67.1 Å². The van der Waals surface area contributed by atoms with Gasteiger partial charge in [-0.2, -0.15) is 0 Å². The van der Waals surface area contributed by atoms with E-state index in [9.17, 15) is 18.0 Å². The lowest BCUT2D eigenvalue weighted by Gasteiger charge is -2.33. The van der Waals surface area contributed by atoms with Gasteiger partial charge in [0.05, 0.1) is 11.9 Å². The zero-order valence-electron chi connectivity index (χ0n) is 21.3. The van der Waals surface area contributed by atoms with Gasteiger partial charge in [0.15, 0.2) is 0 Å². The summed E-state index contributed by atoms with van der Waals surface area (Å²) in [5, 5.41) is 3.47. The van der Waals surface area contributed by atoms with Crippen molar-refractivity contribution in [2.45, 2.75) is 53.6 Å². The number of nitrogens with zero attached hydrogens (tertiary/aromatic N) is 2. The number of nitrogens with one attached hydrogen (secondary N) is 1. The predicted molar refractivity (Wildman–Crippen MR) is 142 cm³/mol. The van der Waals surface area contributed by atoms with Crippen LogP contribution < -0.4 is 9.62 Å². The van der Waals surface area contributed by atoms with Crippen LogP contribution >= 0.6 is 11.6 Å². The lowest BCUT2D eigenvalue weighted by atomic mass is 10.1. The monoisotopic (exact) mass is 521 g/mol. The van der Waals surface area contributed by atoms with Gasteiger partial charge in [-0.15, -0.1) is 0 Å². The van der Waals surface area contributed by atoms with E-state index in [1.165, 1.54) is 4.90 Å². The SMILES string of the molecule is CC[C@@H](C(=O)NCC(C)C)N(Cc1ccc(Cl)cc1)C(=O)CN(c1ccc(C)c(C)c1)S(C)(=O)=O. The third-order valence-electron chi connectivity index (χ3n) is 5.79. The van der Waals surface area contributed by atoms with Crippen molar-refractivity contribution in [3.8, 4) is 0 Å². The molecule has 0 aliphatic carbocycles. The lowest BCUT2D eigenvalue weighted by Crippen LogP contribution is -2.52. The van der Waals surface area contributed by atoms with Crippen LogP contribution in [0.3, 0.4) is 0 Å². The molecule has 0 spiro atoms. The standard InChI is InChI=1S/C26H36ClN3O4S/c1-7-24(26(32)28-15-18(2)3)29(16-21-9-11-22(27)12-10-21)25(31)17-30(35(6,33)34)23-13-8-19(4)20(5)14-23/h8-14,18,24H,7,15-17H2,1-6H3,(H,28,32)/t24-/m0/s1. The molecule has 0 saturated carbocycles. The summed E-state index contributed by atoms with van der Waals surface area (Å²) in [6.07, 6.45) is 1.46. The van der Waals surface area contributed by atoms with Gasteiger partial charge in [0.1, 0.15) is 12.6 Å². The molecule has 9 heteroatoms. The second-order valence-electron chi connectivity index (χ2n) is 9.25. The number of anilines is 1. The van der Waals surface area contributed by atoms with Crippen LogP contribution in [0.4, 0.5) is 5.69 Å². The number of hydrogen-bond acceptors (Lipinski definition) is 4. The first kappa shape index (κ1) is 28.7. The zero-order valence-corrected chi connectivity index (χ0v) is 22.9. The minimum atomic E-state index is -3.76. The Bertz CT molecular complexity index is 1130. The average Bonchev–Trinajstić information content (AvgIpc) is 2.78. The third-order valence-corrected chi connectivity index (χ3v) is 7.19. The molecule has 2 aromatic rings. The molecule has 0 heterocycles. The summed E-state index contributed by atoms with van der Waals surface area (Å²) in [4.78, 5) is 28.2. The highest BCUT2D eigenvalue weighted by Gasteiger charge is 2.31. The molecule has 7 nitrogen and oxygen atoms in total. The van der Waals surface area contributed by atoms with Crippen molar-refractivity contribution in [3.63, 3.8) is 0 Å². The van der Waals surface area contributed by atoms with E-state index in [0.717, 1.165) is 27.3 Å². The van der Waals surface area contributed by atoms with E-state index in [1.807, 2.05) is 40.7 Å². The Hall–Kier alpha value is -2.58. The number of aryl methyl sites for hydroxylation is 2. The van der Waals surface area contributed by atoms with Crippen LogP contribution in [0.2, 0.25) is 5.02 Å². The van der Waals surface area contributed by atoms with E-state index in [1.54, 1.807) is 36.4 Å². The highest BCUT2D eigenvalue weighted by Crippen LogP contribution is 2.23. The first-order chi connectivity index (χ1) is 16.3. The maximum atomic E-state index is 13.7. The van der Waals surface area contributed by atoms with Crippen molar-refractivity contribution >= 4 is 39.1 Å². The van der Waals surface area contributed by atoms with E-state index < -0.39 is 28.5 Å². The Labute approximate surface area is 214 Å². The predicted octanol–water partition coefficient (Wildman–Crippen LogP) is 4.30. The third kappa shape index (κ3) is 8.25. The Balaban J connectivity index is 2.43. The molecule has 192 valence electrons. The summed E-state index contributed by atoms with van der Waals surface area (Å²) < 4.78 is 26.5. The normalized spacial score (nSPS) is 12.3. The fourth-order valence-electron chi connectivity index (χ4n) is 3.62. The van der Waals surface area contributed by atoms with Crippen molar-refractivity contribution in [3.05, 3.63) is 64.2 Å². The molecule has 0 aliphatic rings. The van der Waals surface area contributed by atoms with Crippen LogP contribution in [0.25, 0.3) is 0 Å². The fraction of sp³-hybridized carbons (Fsp3) is 0.462.